The maximum absolute atomic E-state index is 13.3. The number of methoxy groups -OCH3 is 1. The molecule has 10 heteroatoms. The minimum atomic E-state index is -4.82. The Morgan fingerprint density at radius 3 is 2.33 bits per heavy atom. The van der Waals surface area contributed by atoms with Crippen LogP contribution in [-0.4, -0.2) is 30.2 Å². The molecule has 0 bridgehead atoms. The molecule has 0 spiro atoms. The Hall–Kier alpha value is -4.21. The van der Waals surface area contributed by atoms with E-state index in [9.17, 15) is 22.8 Å². The summed E-state index contributed by atoms with van der Waals surface area (Å²) in [6.07, 6.45) is -3.40. The Labute approximate surface area is 186 Å². The summed E-state index contributed by atoms with van der Waals surface area (Å²) in [4.78, 5) is 27.5. The molecule has 33 heavy (non-hydrogen) atoms. The highest BCUT2D eigenvalue weighted by Crippen LogP contribution is 2.36. The number of para-hydroxylation sites is 1. The third-order valence-electron chi connectivity index (χ3n) is 4.80. The van der Waals surface area contributed by atoms with Crippen molar-refractivity contribution in [3.63, 3.8) is 0 Å². The number of nitrogens with one attached hydrogen (secondary N) is 1. The zero-order valence-corrected chi connectivity index (χ0v) is 17.2. The van der Waals surface area contributed by atoms with Crippen LogP contribution in [0.2, 0.25) is 0 Å². The van der Waals surface area contributed by atoms with E-state index in [1.165, 1.54) is 25.5 Å². The van der Waals surface area contributed by atoms with Crippen LogP contribution in [0.15, 0.2) is 77.0 Å². The van der Waals surface area contributed by atoms with Crippen molar-refractivity contribution < 1.29 is 36.7 Å². The standard InChI is InChI=1S/C23H17F3N2O5/c1-31-18-7-3-2-6-17(18)19-20(22(30)28(21(19)29)13-16-5-4-12-32-16)27-14-8-10-15(11-9-14)33-23(24,25)26/h2-12,27H,13H2,1H3. The van der Waals surface area contributed by atoms with Crippen LogP contribution in [0.3, 0.4) is 0 Å². The molecular formula is C23H17F3N2O5. The number of ether oxygens (including phenoxy) is 2. The first-order chi connectivity index (χ1) is 15.8. The lowest BCUT2D eigenvalue weighted by Crippen LogP contribution is -2.31. The lowest BCUT2D eigenvalue weighted by Gasteiger charge is -2.14. The highest BCUT2D eigenvalue weighted by atomic mass is 19.4. The molecule has 0 unspecified atom stereocenters. The summed E-state index contributed by atoms with van der Waals surface area (Å²) in [6.45, 7) is -0.0904. The molecule has 1 N–H and O–H groups in total. The van der Waals surface area contributed by atoms with Crippen molar-refractivity contribution in [1.82, 2.24) is 4.90 Å². The van der Waals surface area contributed by atoms with Gasteiger partial charge in [-0.2, -0.15) is 0 Å². The number of carbonyl (C=O) groups excluding carboxylic acids is 2. The van der Waals surface area contributed by atoms with Gasteiger partial charge in [0.05, 0.1) is 25.5 Å². The molecule has 0 fully saturated rings. The maximum Gasteiger partial charge on any atom is 0.573 e. The first kappa shape index (κ1) is 22.0. The number of amides is 2. The molecule has 0 saturated carbocycles. The fourth-order valence-corrected chi connectivity index (χ4v) is 3.38. The van der Waals surface area contributed by atoms with Gasteiger partial charge in [-0.05, 0) is 42.5 Å². The van der Waals surface area contributed by atoms with Crippen molar-refractivity contribution in [2.45, 2.75) is 12.9 Å². The molecule has 0 atom stereocenters. The lowest BCUT2D eigenvalue weighted by atomic mass is 10.0. The summed E-state index contributed by atoms with van der Waals surface area (Å²) in [6, 6.07) is 14.8. The highest BCUT2D eigenvalue weighted by molar-refractivity contribution is 6.36. The predicted octanol–water partition coefficient (Wildman–Crippen LogP) is 4.58. The zero-order valence-electron chi connectivity index (χ0n) is 17.2. The van der Waals surface area contributed by atoms with Gasteiger partial charge >= 0.3 is 6.36 Å². The van der Waals surface area contributed by atoms with E-state index in [4.69, 9.17) is 9.15 Å². The molecule has 2 amide bonds. The van der Waals surface area contributed by atoms with E-state index in [0.717, 1.165) is 17.0 Å². The van der Waals surface area contributed by atoms with Gasteiger partial charge in [-0.3, -0.25) is 14.5 Å². The van der Waals surface area contributed by atoms with E-state index in [1.807, 2.05) is 0 Å². The van der Waals surface area contributed by atoms with Gasteiger partial charge in [-0.15, -0.1) is 13.2 Å². The molecule has 7 nitrogen and oxygen atoms in total. The zero-order chi connectivity index (χ0) is 23.6. The molecular weight excluding hydrogens is 441 g/mol. The molecule has 2 aromatic carbocycles. The highest BCUT2D eigenvalue weighted by Gasteiger charge is 2.40. The predicted molar refractivity (Wildman–Crippen MR) is 111 cm³/mol. The van der Waals surface area contributed by atoms with Crippen molar-refractivity contribution >= 4 is 23.1 Å². The summed E-state index contributed by atoms with van der Waals surface area (Å²) < 4.78 is 51.8. The largest absolute Gasteiger partial charge is 0.573 e. The molecule has 1 aliphatic rings. The molecule has 3 aromatic rings. The summed E-state index contributed by atoms with van der Waals surface area (Å²) >= 11 is 0. The Balaban J connectivity index is 1.71. The quantitative estimate of drug-likeness (QED) is 0.522. The summed E-state index contributed by atoms with van der Waals surface area (Å²) in [5.41, 5.74) is 0.702. The number of alkyl halides is 3. The third-order valence-corrected chi connectivity index (χ3v) is 4.80. The van der Waals surface area contributed by atoms with E-state index in [1.54, 1.807) is 36.4 Å². The number of nitrogens with zero attached hydrogens (tertiary/aromatic N) is 1. The van der Waals surface area contributed by atoms with E-state index in [2.05, 4.69) is 10.1 Å². The van der Waals surface area contributed by atoms with Crippen LogP contribution in [0.5, 0.6) is 11.5 Å². The number of halogens is 3. The summed E-state index contributed by atoms with van der Waals surface area (Å²) in [5, 5.41) is 2.87. The van der Waals surface area contributed by atoms with Crippen molar-refractivity contribution in [3.05, 3.63) is 83.9 Å². The molecule has 0 aliphatic carbocycles. The van der Waals surface area contributed by atoms with Crippen molar-refractivity contribution in [3.8, 4) is 11.5 Å². The third kappa shape index (κ3) is 4.69. The van der Waals surface area contributed by atoms with Gasteiger partial charge in [-0.25, -0.2) is 0 Å². The number of benzene rings is 2. The molecule has 0 radical (unpaired) electrons. The molecule has 2 heterocycles. The Kier molecular flexibility index (Phi) is 5.82. The fraction of sp³-hybridized carbons (Fsp3) is 0.130. The molecule has 1 aromatic heterocycles. The van der Waals surface area contributed by atoms with Crippen LogP contribution in [0.25, 0.3) is 5.57 Å². The molecule has 170 valence electrons. The molecule has 1 aliphatic heterocycles. The van der Waals surface area contributed by atoms with Crippen molar-refractivity contribution in [2.24, 2.45) is 0 Å². The molecule has 4 rings (SSSR count). The summed E-state index contributed by atoms with van der Waals surface area (Å²) in [5.74, 6) is -0.818. The van der Waals surface area contributed by atoms with Crippen LogP contribution in [0, 0.1) is 0 Å². The number of imide groups is 1. The van der Waals surface area contributed by atoms with E-state index < -0.39 is 23.9 Å². The van der Waals surface area contributed by atoms with Gasteiger partial charge in [0.1, 0.15) is 23.0 Å². The Bertz CT molecular complexity index is 1200. The van der Waals surface area contributed by atoms with Crippen molar-refractivity contribution in [2.75, 3.05) is 12.4 Å². The van der Waals surface area contributed by atoms with Crippen LogP contribution < -0.4 is 14.8 Å². The smallest absolute Gasteiger partial charge is 0.496 e. The topological polar surface area (TPSA) is 81.0 Å². The van der Waals surface area contributed by atoms with Gasteiger partial charge in [0.2, 0.25) is 0 Å². The minimum absolute atomic E-state index is 0.0412. The van der Waals surface area contributed by atoms with Gasteiger partial charge in [0.15, 0.2) is 0 Å². The lowest BCUT2D eigenvalue weighted by molar-refractivity contribution is -0.274. The van der Waals surface area contributed by atoms with Gasteiger partial charge in [0, 0.05) is 11.3 Å². The van der Waals surface area contributed by atoms with Gasteiger partial charge < -0.3 is 19.2 Å². The van der Waals surface area contributed by atoms with Crippen molar-refractivity contribution in [1.29, 1.82) is 0 Å². The summed E-state index contributed by atoms with van der Waals surface area (Å²) in [7, 11) is 1.44. The second kappa shape index (κ2) is 8.73. The average molecular weight is 458 g/mol. The van der Waals surface area contributed by atoms with Gasteiger partial charge in [-0.1, -0.05) is 18.2 Å². The normalized spacial score (nSPS) is 14.1. The van der Waals surface area contributed by atoms with E-state index >= 15 is 0 Å². The Morgan fingerprint density at radius 1 is 0.970 bits per heavy atom. The molecule has 0 saturated heterocycles. The average Bonchev–Trinajstić information content (AvgIpc) is 3.37. The second-order valence-corrected chi connectivity index (χ2v) is 6.92. The first-order valence-electron chi connectivity index (χ1n) is 9.66. The first-order valence-corrected chi connectivity index (χ1v) is 9.66. The second-order valence-electron chi connectivity index (χ2n) is 6.92. The van der Waals surface area contributed by atoms with Gasteiger partial charge in [0.25, 0.3) is 11.8 Å². The van der Waals surface area contributed by atoms with Crippen LogP contribution in [0.4, 0.5) is 18.9 Å². The van der Waals surface area contributed by atoms with E-state index in [0.29, 0.717) is 17.1 Å². The number of hydrogen-bond acceptors (Lipinski definition) is 6. The fourth-order valence-electron chi connectivity index (χ4n) is 3.38. The monoisotopic (exact) mass is 458 g/mol. The Morgan fingerprint density at radius 2 is 1.70 bits per heavy atom. The maximum atomic E-state index is 13.3. The number of hydrogen-bond donors (Lipinski definition) is 1. The number of furan rings is 1. The number of anilines is 1. The number of carbonyl (C=O) groups is 2. The van der Waals surface area contributed by atoms with Crippen LogP contribution in [0.1, 0.15) is 11.3 Å². The van der Waals surface area contributed by atoms with E-state index in [-0.39, 0.29) is 23.5 Å². The minimum Gasteiger partial charge on any atom is -0.496 e. The SMILES string of the molecule is COc1ccccc1C1=C(Nc2ccc(OC(F)(F)F)cc2)C(=O)N(Cc2ccco2)C1=O. The van der Waals surface area contributed by atoms with Crippen LogP contribution >= 0.6 is 0 Å². The van der Waals surface area contributed by atoms with Crippen LogP contribution in [-0.2, 0) is 16.1 Å². The number of rotatable bonds is 7.